The van der Waals surface area contributed by atoms with Gasteiger partial charge in [0.2, 0.25) is 0 Å². The summed E-state index contributed by atoms with van der Waals surface area (Å²) >= 11 is 0. The second-order valence-corrected chi connectivity index (χ2v) is 7.13. The molecule has 0 aromatic heterocycles. The van der Waals surface area contributed by atoms with Crippen molar-refractivity contribution < 1.29 is 40.2 Å². The van der Waals surface area contributed by atoms with Gasteiger partial charge in [0.25, 0.3) is 0 Å². The minimum absolute atomic E-state index is 0.0474. The smallest absolute Gasteiger partial charge is 0.200 e. The summed E-state index contributed by atoms with van der Waals surface area (Å²) in [6.45, 7) is 0. The van der Waals surface area contributed by atoms with E-state index in [1.165, 1.54) is 36.4 Å². The molecule has 0 unspecified atom stereocenters. The van der Waals surface area contributed by atoms with Gasteiger partial charge in [-0.05, 0) is 36.4 Å². The van der Waals surface area contributed by atoms with Crippen molar-refractivity contribution in [3.05, 3.63) is 107 Å². The summed E-state index contributed by atoms with van der Waals surface area (Å²) in [5, 5.41) is 56.0. The number of hydrogen-bond acceptors (Lipinski definition) is 8. The minimum atomic E-state index is -0.606. The number of carbonyl (C=O) groups is 2. The van der Waals surface area contributed by atoms with E-state index in [1.54, 1.807) is 24.3 Å². The van der Waals surface area contributed by atoms with Gasteiger partial charge in [-0.15, -0.1) is 0 Å². The third kappa shape index (κ3) is 5.43. The predicted octanol–water partition coefficient (Wildman–Crippen LogP) is 4.07. The number of carbonyl (C=O) groups excluding carboxylic acids is 2. The lowest BCUT2D eigenvalue weighted by Gasteiger charge is -2.06. The summed E-state index contributed by atoms with van der Waals surface area (Å²) in [6, 6.07) is 19.7. The van der Waals surface area contributed by atoms with Crippen molar-refractivity contribution in [1.29, 1.82) is 0 Å². The van der Waals surface area contributed by atoms with Crippen LogP contribution in [0.1, 0.15) is 31.8 Å². The maximum atomic E-state index is 12.0. The Morgan fingerprint density at radius 2 is 0.794 bits per heavy atom. The summed E-state index contributed by atoms with van der Waals surface area (Å²) in [5.74, 6) is -2.25. The van der Waals surface area contributed by atoms with Gasteiger partial charge in [-0.25, -0.2) is 0 Å². The summed E-state index contributed by atoms with van der Waals surface area (Å²) in [4.78, 5) is 24.0. The zero-order valence-corrected chi connectivity index (χ0v) is 17.6. The summed E-state index contributed by atoms with van der Waals surface area (Å²) in [7, 11) is 0. The van der Waals surface area contributed by atoms with Crippen LogP contribution in [0.3, 0.4) is 0 Å². The average Bonchev–Trinajstić information content (AvgIpc) is 2.79. The van der Waals surface area contributed by atoms with Crippen LogP contribution in [0.2, 0.25) is 0 Å². The van der Waals surface area contributed by atoms with Crippen molar-refractivity contribution in [3.8, 4) is 34.5 Å². The SMILES string of the molecule is O=C(c1ccc(O)cc1O)c1ccc(O)cc1O.O=C(c1ccccc1)c1ccc(O)cc1O. The zero-order chi connectivity index (χ0) is 24.8. The molecule has 0 bridgehead atoms. The van der Waals surface area contributed by atoms with Crippen LogP contribution in [0.15, 0.2) is 84.9 Å². The van der Waals surface area contributed by atoms with Gasteiger partial charge in [0.05, 0.1) is 16.7 Å². The highest BCUT2D eigenvalue weighted by Gasteiger charge is 2.17. The van der Waals surface area contributed by atoms with Gasteiger partial charge in [-0.1, -0.05) is 30.3 Å². The van der Waals surface area contributed by atoms with Crippen molar-refractivity contribution >= 4 is 11.6 Å². The van der Waals surface area contributed by atoms with Crippen LogP contribution in [0.25, 0.3) is 0 Å². The Morgan fingerprint density at radius 3 is 1.15 bits per heavy atom. The van der Waals surface area contributed by atoms with E-state index >= 15 is 0 Å². The molecule has 8 heteroatoms. The molecule has 4 aromatic rings. The number of phenolic OH excluding ortho intramolecular Hbond substituents is 6. The molecule has 34 heavy (non-hydrogen) atoms. The normalized spacial score (nSPS) is 10.1. The number of benzene rings is 4. The van der Waals surface area contributed by atoms with Crippen molar-refractivity contribution in [2.75, 3.05) is 0 Å². The molecule has 0 radical (unpaired) electrons. The Balaban J connectivity index is 0.000000192. The molecule has 0 atom stereocenters. The molecule has 0 amide bonds. The van der Waals surface area contributed by atoms with E-state index in [-0.39, 0.29) is 57.0 Å². The molecule has 0 heterocycles. The molecular formula is C26H20O8. The van der Waals surface area contributed by atoms with Crippen molar-refractivity contribution in [1.82, 2.24) is 0 Å². The maximum Gasteiger partial charge on any atom is 0.200 e. The van der Waals surface area contributed by atoms with Gasteiger partial charge in [0.15, 0.2) is 11.6 Å². The van der Waals surface area contributed by atoms with Crippen LogP contribution in [0.5, 0.6) is 34.5 Å². The van der Waals surface area contributed by atoms with E-state index < -0.39 is 5.78 Å². The van der Waals surface area contributed by atoms with Crippen LogP contribution in [-0.2, 0) is 0 Å². The summed E-state index contributed by atoms with van der Waals surface area (Å²) in [6.07, 6.45) is 0. The van der Waals surface area contributed by atoms with Gasteiger partial charge < -0.3 is 30.6 Å². The summed E-state index contributed by atoms with van der Waals surface area (Å²) in [5.41, 5.74) is 0.593. The number of phenols is 6. The quantitative estimate of drug-likeness (QED) is 0.249. The third-order valence-electron chi connectivity index (χ3n) is 4.71. The lowest BCUT2D eigenvalue weighted by atomic mass is 10.0. The molecule has 8 nitrogen and oxygen atoms in total. The molecule has 6 N–H and O–H groups in total. The Kier molecular flexibility index (Phi) is 7.03. The van der Waals surface area contributed by atoms with E-state index in [4.69, 9.17) is 15.3 Å². The van der Waals surface area contributed by atoms with Crippen LogP contribution < -0.4 is 0 Å². The fourth-order valence-corrected chi connectivity index (χ4v) is 3.03. The molecule has 0 saturated heterocycles. The van der Waals surface area contributed by atoms with E-state index in [1.807, 2.05) is 6.07 Å². The molecular weight excluding hydrogens is 440 g/mol. The Hall–Kier alpha value is -4.98. The largest absolute Gasteiger partial charge is 0.508 e. The lowest BCUT2D eigenvalue weighted by molar-refractivity contribution is 0.102. The highest BCUT2D eigenvalue weighted by molar-refractivity contribution is 6.12. The number of ketones is 2. The minimum Gasteiger partial charge on any atom is -0.508 e. The van der Waals surface area contributed by atoms with Crippen molar-refractivity contribution in [2.45, 2.75) is 0 Å². The lowest BCUT2D eigenvalue weighted by Crippen LogP contribution is -2.01. The van der Waals surface area contributed by atoms with Gasteiger partial charge in [-0.3, -0.25) is 9.59 Å². The second kappa shape index (κ2) is 10.1. The fraction of sp³-hybridized carbons (Fsp3) is 0. The molecule has 0 aliphatic rings. The molecule has 4 rings (SSSR count). The van der Waals surface area contributed by atoms with E-state index in [0.717, 1.165) is 18.2 Å². The zero-order valence-electron chi connectivity index (χ0n) is 17.6. The molecule has 0 saturated carbocycles. The monoisotopic (exact) mass is 460 g/mol. The molecule has 0 aliphatic carbocycles. The van der Waals surface area contributed by atoms with Crippen LogP contribution in [-0.4, -0.2) is 42.2 Å². The molecule has 4 aromatic carbocycles. The number of hydrogen-bond donors (Lipinski definition) is 6. The van der Waals surface area contributed by atoms with Gasteiger partial charge in [0, 0.05) is 23.8 Å². The highest BCUT2D eigenvalue weighted by Crippen LogP contribution is 2.30. The first kappa shape index (κ1) is 23.7. The Morgan fingerprint density at radius 1 is 0.441 bits per heavy atom. The molecule has 0 spiro atoms. The van der Waals surface area contributed by atoms with Gasteiger partial charge >= 0.3 is 0 Å². The van der Waals surface area contributed by atoms with E-state index in [9.17, 15) is 24.9 Å². The van der Waals surface area contributed by atoms with Crippen molar-refractivity contribution in [3.63, 3.8) is 0 Å². The standard InChI is InChI=1S/C13H10O5.C13H10O3/c14-7-1-3-9(11(16)5-7)13(18)10-4-2-8(15)6-12(10)17;14-10-6-7-11(12(15)8-10)13(16)9-4-2-1-3-5-9/h1-6,14-17H;1-8,14-15H. The third-order valence-corrected chi connectivity index (χ3v) is 4.71. The molecule has 0 aliphatic heterocycles. The van der Waals surface area contributed by atoms with E-state index in [2.05, 4.69) is 0 Å². The van der Waals surface area contributed by atoms with Crippen LogP contribution >= 0.6 is 0 Å². The van der Waals surface area contributed by atoms with Gasteiger partial charge in [0.1, 0.15) is 34.5 Å². The molecule has 0 fully saturated rings. The maximum absolute atomic E-state index is 12.0. The van der Waals surface area contributed by atoms with Crippen LogP contribution in [0.4, 0.5) is 0 Å². The Bertz CT molecular complexity index is 1290. The number of rotatable bonds is 4. The Labute approximate surface area is 193 Å². The first-order valence-electron chi connectivity index (χ1n) is 9.87. The highest BCUT2D eigenvalue weighted by atomic mass is 16.3. The first-order chi connectivity index (χ1) is 16.2. The fourth-order valence-electron chi connectivity index (χ4n) is 3.03. The van der Waals surface area contributed by atoms with Crippen molar-refractivity contribution in [2.24, 2.45) is 0 Å². The van der Waals surface area contributed by atoms with E-state index in [0.29, 0.717) is 5.56 Å². The number of aromatic hydroxyl groups is 6. The first-order valence-corrected chi connectivity index (χ1v) is 9.87. The summed E-state index contributed by atoms with van der Waals surface area (Å²) < 4.78 is 0. The van der Waals surface area contributed by atoms with Gasteiger partial charge in [-0.2, -0.15) is 0 Å². The molecule has 172 valence electrons. The topological polar surface area (TPSA) is 156 Å². The predicted molar refractivity (Wildman–Crippen MR) is 123 cm³/mol. The van der Waals surface area contributed by atoms with Crippen LogP contribution in [0, 0.1) is 0 Å². The average molecular weight is 460 g/mol. The second-order valence-electron chi connectivity index (χ2n) is 7.13.